The van der Waals surface area contributed by atoms with Crippen LogP contribution in [0.2, 0.25) is 0 Å². The molecule has 0 spiro atoms. The van der Waals surface area contributed by atoms with Gasteiger partial charge < -0.3 is 14.6 Å². The maximum absolute atomic E-state index is 12.6. The number of fused-ring (bicyclic) bond motifs is 1. The molecule has 0 radical (unpaired) electrons. The van der Waals surface area contributed by atoms with Gasteiger partial charge in [-0.3, -0.25) is 9.59 Å². The van der Waals surface area contributed by atoms with Crippen molar-refractivity contribution in [3.05, 3.63) is 22.5 Å². The smallest absolute Gasteiger partial charge is 0.270 e. The van der Waals surface area contributed by atoms with Crippen molar-refractivity contribution in [2.75, 3.05) is 26.3 Å². The number of hydrogen-bond donors (Lipinski definition) is 1. The number of carbonyl (C=O) groups is 2. The number of aromatic nitrogens is 1. The van der Waals surface area contributed by atoms with Crippen LogP contribution in [0.15, 0.2) is 0 Å². The average Bonchev–Trinajstić information content (AvgIpc) is 2.74. The van der Waals surface area contributed by atoms with Crippen LogP contribution in [0.25, 0.3) is 0 Å². The van der Waals surface area contributed by atoms with Crippen LogP contribution >= 0.6 is 0 Å². The Morgan fingerprint density at radius 3 is 2.57 bits per heavy atom. The Balaban J connectivity index is 1.95. The molecular weight excluding hydrogens is 268 g/mol. The van der Waals surface area contributed by atoms with Crippen molar-refractivity contribution < 1.29 is 14.3 Å². The Hall–Kier alpha value is -1.62. The van der Waals surface area contributed by atoms with Gasteiger partial charge in [-0.25, -0.2) is 0 Å². The summed E-state index contributed by atoms with van der Waals surface area (Å²) < 4.78 is 5.28. The lowest BCUT2D eigenvalue weighted by Crippen LogP contribution is -2.41. The first kappa shape index (κ1) is 14.3. The molecule has 1 aromatic rings. The molecule has 114 valence electrons. The van der Waals surface area contributed by atoms with Crippen molar-refractivity contribution >= 4 is 11.7 Å². The Morgan fingerprint density at radius 1 is 1.24 bits per heavy atom. The van der Waals surface area contributed by atoms with Crippen molar-refractivity contribution in [1.29, 1.82) is 0 Å². The highest BCUT2D eigenvalue weighted by Gasteiger charge is 2.36. The zero-order valence-electron chi connectivity index (χ0n) is 12.9. The standard InChI is InChI=1S/C16H22N2O3/c1-10-13-11(8-16(2,3)9-12(13)19)17-14(10)15(20)18-4-6-21-7-5-18/h17H,4-9H2,1-3H3. The minimum Gasteiger partial charge on any atom is -0.378 e. The molecule has 5 heteroatoms. The highest BCUT2D eigenvalue weighted by Crippen LogP contribution is 2.36. The molecule has 0 saturated carbocycles. The molecule has 1 aromatic heterocycles. The summed E-state index contributed by atoms with van der Waals surface area (Å²) in [5.74, 6) is 0.131. The number of nitrogens with zero attached hydrogens (tertiary/aromatic N) is 1. The SMILES string of the molecule is Cc1c(C(=O)N2CCOCC2)[nH]c2c1C(=O)CC(C)(C)C2. The van der Waals surface area contributed by atoms with E-state index in [0.29, 0.717) is 38.4 Å². The van der Waals surface area contributed by atoms with Crippen LogP contribution in [-0.4, -0.2) is 47.9 Å². The van der Waals surface area contributed by atoms with E-state index in [1.54, 1.807) is 4.90 Å². The summed E-state index contributed by atoms with van der Waals surface area (Å²) in [6.07, 6.45) is 1.36. The summed E-state index contributed by atoms with van der Waals surface area (Å²) in [5, 5.41) is 0. The first-order valence-corrected chi connectivity index (χ1v) is 7.51. The predicted molar refractivity (Wildman–Crippen MR) is 78.7 cm³/mol. The quantitative estimate of drug-likeness (QED) is 0.860. The minimum atomic E-state index is -0.0410. The van der Waals surface area contributed by atoms with E-state index < -0.39 is 0 Å². The molecule has 1 aliphatic heterocycles. The van der Waals surface area contributed by atoms with Gasteiger partial charge in [0.05, 0.1) is 13.2 Å². The van der Waals surface area contributed by atoms with Crippen molar-refractivity contribution in [2.45, 2.75) is 33.6 Å². The highest BCUT2D eigenvalue weighted by molar-refractivity contribution is 6.04. The first-order valence-electron chi connectivity index (χ1n) is 7.51. The summed E-state index contributed by atoms with van der Waals surface area (Å²) in [4.78, 5) is 30.0. The normalized spacial score (nSPS) is 21.3. The van der Waals surface area contributed by atoms with Crippen molar-refractivity contribution in [1.82, 2.24) is 9.88 Å². The minimum absolute atomic E-state index is 0.0178. The van der Waals surface area contributed by atoms with Crippen LogP contribution in [0.4, 0.5) is 0 Å². The van der Waals surface area contributed by atoms with Gasteiger partial charge in [0.15, 0.2) is 5.78 Å². The van der Waals surface area contributed by atoms with Gasteiger partial charge in [-0.1, -0.05) is 13.8 Å². The number of carbonyl (C=O) groups excluding carboxylic acids is 2. The fourth-order valence-corrected chi connectivity index (χ4v) is 3.37. The Labute approximate surface area is 124 Å². The van der Waals surface area contributed by atoms with E-state index in [1.807, 2.05) is 6.92 Å². The van der Waals surface area contributed by atoms with E-state index >= 15 is 0 Å². The highest BCUT2D eigenvalue weighted by atomic mass is 16.5. The van der Waals surface area contributed by atoms with Gasteiger partial charge in [-0.2, -0.15) is 0 Å². The number of H-pyrrole nitrogens is 1. The van der Waals surface area contributed by atoms with Crippen molar-refractivity contribution in [2.24, 2.45) is 5.41 Å². The van der Waals surface area contributed by atoms with E-state index in [2.05, 4.69) is 18.8 Å². The second-order valence-corrected chi connectivity index (χ2v) is 6.82. The topological polar surface area (TPSA) is 62.4 Å². The lowest BCUT2D eigenvalue weighted by Gasteiger charge is -2.28. The second-order valence-electron chi connectivity index (χ2n) is 6.82. The van der Waals surface area contributed by atoms with E-state index in [9.17, 15) is 9.59 Å². The van der Waals surface area contributed by atoms with E-state index in [-0.39, 0.29) is 17.1 Å². The van der Waals surface area contributed by atoms with E-state index in [4.69, 9.17) is 4.74 Å². The number of rotatable bonds is 1. The number of amides is 1. The maximum atomic E-state index is 12.6. The monoisotopic (exact) mass is 290 g/mol. The molecular formula is C16H22N2O3. The summed E-state index contributed by atoms with van der Waals surface area (Å²) >= 11 is 0. The van der Waals surface area contributed by atoms with Crippen LogP contribution in [0.5, 0.6) is 0 Å². The third-order valence-corrected chi connectivity index (χ3v) is 4.41. The van der Waals surface area contributed by atoms with Crippen LogP contribution in [0.1, 0.15) is 52.4 Å². The van der Waals surface area contributed by atoms with Gasteiger partial charge in [0, 0.05) is 30.8 Å². The average molecular weight is 290 g/mol. The summed E-state index contributed by atoms with van der Waals surface area (Å²) in [5.41, 5.74) is 3.01. The molecule has 2 heterocycles. The molecule has 21 heavy (non-hydrogen) atoms. The van der Waals surface area contributed by atoms with Gasteiger partial charge in [-0.15, -0.1) is 0 Å². The third kappa shape index (κ3) is 2.50. The van der Waals surface area contributed by atoms with Crippen LogP contribution < -0.4 is 0 Å². The Bertz CT molecular complexity index is 595. The van der Waals surface area contributed by atoms with Crippen LogP contribution in [0.3, 0.4) is 0 Å². The van der Waals surface area contributed by atoms with E-state index in [1.165, 1.54) is 0 Å². The summed E-state index contributed by atoms with van der Waals surface area (Å²) in [6.45, 7) is 8.44. The molecule has 1 aliphatic carbocycles. The van der Waals surface area contributed by atoms with Crippen molar-refractivity contribution in [3.8, 4) is 0 Å². The Morgan fingerprint density at radius 2 is 1.90 bits per heavy atom. The fraction of sp³-hybridized carbons (Fsp3) is 0.625. The van der Waals surface area contributed by atoms with Gasteiger partial charge in [0.2, 0.25) is 0 Å². The number of hydrogen-bond acceptors (Lipinski definition) is 3. The molecule has 3 rings (SSSR count). The number of ketones is 1. The number of aromatic amines is 1. The summed E-state index contributed by atoms with van der Waals surface area (Å²) in [7, 11) is 0. The zero-order valence-corrected chi connectivity index (χ0v) is 12.9. The van der Waals surface area contributed by atoms with Crippen LogP contribution in [0, 0.1) is 12.3 Å². The first-order chi connectivity index (χ1) is 9.89. The number of morpholine rings is 1. The molecule has 1 saturated heterocycles. The molecule has 0 unspecified atom stereocenters. The molecule has 1 fully saturated rings. The van der Waals surface area contributed by atoms with Crippen LogP contribution in [-0.2, 0) is 11.2 Å². The fourth-order valence-electron chi connectivity index (χ4n) is 3.37. The van der Waals surface area contributed by atoms with Gasteiger partial charge in [-0.05, 0) is 24.3 Å². The molecule has 5 nitrogen and oxygen atoms in total. The number of nitrogens with one attached hydrogen (secondary N) is 1. The Kier molecular flexibility index (Phi) is 3.40. The van der Waals surface area contributed by atoms with Gasteiger partial charge >= 0.3 is 0 Å². The number of Topliss-reactive ketones (excluding diaryl/α,β-unsaturated/α-hetero) is 1. The second kappa shape index (κ2) is 4.98. The number of ether oxygens (including phenoxy) is 1. The zero-order chi connectivity index (χ0) is 15.2. The molecule has 0 bridgehead atoms. The van der Waals surface area contributed by atoms with Crippen molar-refractivity contribution in [3.63, 3.8) is 0 Å². The molecule has 1 amide bonds. The van der Waals surface area contributed by atoms with Gasteiger partial charge in [0.25, 0.3) is 5.91 Å². The lowest BCUT2D eigenvalue weighted by atomic mass is 9.75. The van der Waals surface area contributed by atoms with E-state index in [0.717, 1.165) is 23.2 Å². The molecule has 1 N–H and O–H groups in total. The maximum Gasteiger partial charge on any atom is 0.270 e. The largest absolute Gasteiger partial charge is 0.378 e. The van der Waals surface area contributed by atoms with Gasteiger partial charge in [0.1, 0.15) is 5.69 Å². The lowest BCUT2D eigenvalue weighted by molar-refractivity contribution is 0.0299. The molecule has 2 aliphatic rings. The predicted octanol–water partition coefficient (Wildman–Crippen LogP) is 1.95. The molecule has 0 atom stereocenters. The third-order valence-electron chi connectivity index (χ3n) is 4.41. The summed E-state index contributed by atoms with van der Waals surface area (Å²) in [6, 6.07) is 0. The molecule has 0 aromatic carbocycles.